The Labute approximate surface area is 134 Å². The summed E-state index contributed by atoms with van der Waals surface area (Å²) in [6, 6.07) is 9.19. The second-order valence-corrected chi connectivity index (χ2v) is 5.23. The topological polar surface area (TPSA) is 52.3 Å². The van der Waals surface area contributed by atoms with Gasteiger partial charge >= 0.3 is 0 Å². The number of nitrogens with zero attached hydrogens (tertiary/aromatic N) is 1. The molecule has 1 aromatic heterocycles. The zero-order valence-electron chi connectivity index (χ0n) is 11.0. The Kier molecular flexibility index (Phi) is 4.00. The highest BCUT2D eigenvalue weighted by Crippen LogP contribution is 2.39. The van der Waals surface area contributed by atoms with Crippen molar-refractivity contribution in [3.05, 3.63) is 47.2 Å². The van der Waals surface area contributed by atoms with Gasteiger partial charge in [0.1, 0.15) is 17.3 Å². The van der Waals surface area contributed by atoms with Gasteiger partial charge in [-0.15, -0.1) is 0 Å². The average Bonchev–Trinajstić information content (AvgIpc) is 2.93. The van der Waals surface area contributed by atoms with Gasteiger partial charge in [-0.2, -0.15) is 0 Å². The van der Waals surface area contributed by atoms with E-state index >= 15 is 0 Å². The molecule has 22 heavy (non-hydrogen) atoms. The minimum absolute atomic E-state index is 0.241. The summed E-state index contributed by atoms with van der Waals surface area (Å²) in [5.74, 6) is -0.176. The van der Waals surface area contributed by atoms with Gasteiger partial charge < -0.3 is 9.26 Å². The molecule has 0 aliphatic carbocycles. The minimum atomic E-state index is -0.660. The molecule has 0 N–H and O–H groups in total. The molecule has 0 amide bonds. The van der Waals surface area contributed by atoms with E-state index in [9.17, 15) is 9.18 Å². The van der Waals surface area contributed by atoms with E-state index in [2.05, 4.69) is 5.16 Å². The van der Waals surface area contributed by atoms with Crippen LogP contribution in [0.4, 0.5) is 4.39 Å². The zero-order chi connectivity index (χ0) is 15.7. The summed E-state index contributed by atoms with van der Waals surface area (Å²) in [6.07, 6.45) is 0. The van der Waals surface area contributed by atoms with Gasteiger partial charge in [-0.1, -0.05) is 28.9 Å². The van der Waals surface area contributed by atoms with Crippen LogP contribution in [0.3, 0.4) is 0 Å². The zero-order valence-corrected chi connectivity index (χ0v) is 12.5. The lowest BCUT2D eigenvalue weighted by molar-refractivity contribution is -0.113. The molecular weight excluding hydrogens is 332 g/mol. The third-order valence-corrected chi connectivity index (χ3v) is 3.41. The molecule has 0 saturated heterocycles. The molecule has 0 fully saturated rings. The minimum Gasteiger partial charge on any atom is -0.484 e. The molecule has 3 rings (SSSR count). The molecule has 7 heteroatoms. The molecule has 0 unspecified atom stereocenters. The molecular formula is C15H8Cl2FNO3. The van der Waals surface area contributed by atoms with Crippen molar-refractivity contribution in [2.75, 3.05) is 6.61 Å². The number of rotatable bonds is 4. The van der Waals surface area contributed by atoms with Gasteiger partial charge in [0, 0.05) is 5.56 Å². The number of carbonyl (C=O) groups is 1. The number of hydrogen-bond acceptors (Lipinski definition) is 4. The van der Waals surface area contributed by atoms with Crippen LogP contribution in [0.2, 0.25) is 5.02 Å². The smallest absolute Gasteiger partial charge is 0.259 e. The third kappa shape index (κ3) is 2.65. The number of ether oxygens (including phenoxy) is 1. The molecule has 0 aliphatic rings. The molecule has 112 valence electrons. The fourth-order valence-electron chi connectivity index (χ4n) is 2.08. The molecule has 3 aromatic rings. The Hall–Kier alpha value is -2.11. The maximum Gasteiger partial charge on any atom is 0.259 e. The molecule has 0 bridgehead atoms. The normalized spacial score (nSPS) is 10.9. The van der Waals surface area contributed by atoms with Crippen molar-refractivity contribution in [1.82, 2.24) is 5.16 Å². The van der Waals surface area contributed by atoms with Crippen molar-refractivity contribution in [2.45, 2.75) is 0 Å². The molecule has 2 aromatic carbocycles. The molecule has 0 spiro atoms. The van der Waals surface area contributed by atoms with E-state index in [0.29, 0.717) is 10.4 Å². The van der Waals surface area contributed by atoms with Crippen molar-refractivity contribution in [1.29, 1.82) is 0 Å². The highest BCUT2D eigenvalue weighted by Gasteiger charge is 2.20. The highest BCUT2D eigenvalue weighted by atomic mass is 35.5. The molecule has 1 heterocycles. The largest absolute Gasteiger partial charge is 0.484 e. The van der Waals surface area contributed by atoms with E-state index in [1.807, 2.05) is 0 Å². The number of carbonyl (C=O) groups excluding carboxylic acids is 1. The summed E-state index contributed by atoms with van der Waals surface area (Å²) < 4.78 is 24.5. The van der Waals surface area contributed by atoms with E-state index in [-0.39, 0.29) is 29.2 Å². The number of benzene rings is 2. The third-order valence-electron chi connectivity index (χ3n) is 3.01. The van der Waals surface area contributed by atoms with Crippen molar-refractivity contribution in [2.24, 2.45) is 0 Å². The van der Waals surface area contributed by atoms with E-state index in [0.717, 1.165) is 0 Å². The van der Waals surface area contributed by atoms with E-state index < -0.39 is 11.1 Å². The Bertz CT molecular complexity index is 863. The number of fused-ring (bicyclic) bond motifs is 1. The first-order valence-electron chi connectivity index (χ1n) is 6.22. The van der Waals surface area contributed by atoms with Gasteiger partial charge in [0.25, 0.3) is 5.24 Å². The SMILES string of the molecule is O=C(Cl)COc1ccc(Cl)c2onc(-c3ccccc3F)c12. The lowest BCUT2D eigenvalue weighted by Crippen LogP contribution is -2.04. The van der Waals surface area contributed by atoms with Crippen LogP contribution in [-0.4, -0.2) is 17.0 Å². The second kappa shape index (κ2) is 5.94. The Morgan fingerprint density at radius 1 is 1.27 bits per heavy atom. The standard InChI is InChI=1S/C15H8Cl2FNO3/c16-9-5-6-11(21-7-12(17)20)13-14(19-22-15(9)13)8-3-1-2-4-10(8)18/h1-6H,7H2. The van der Waals surface area contributed by atoms with E-state index in [1.54, 1.807) is 24.3 Å². The monoisotopic (exact) mass is 339 g/mol. The lowest BCUT2D eigenvalue weighted by Gasteiger charge is -2.06. The predicted octanol–water partition coefficient (Wildman–Crippen LogP) is 4.43. The van der Waals surface area contributed by atoms with E-state index in [1.165, 1.54) is 12.1 Å². The van der Waals surface area contributed by atoms with Crippen molar-refractivity contribution < 1.29 is 18.4 Å². The van der Waals surface area contributed by atoms with E-state index in [4.69, 9.17) is 32.5 Å². The van der Waals surface area contributed by atoms with Gasteiger partial charge in [0.05, 0.1) is 10.4 Å². The summed E-state index contributed by atoms with van der Waals surface area (Å²) in [6.45, 7) is -0.333. The van der Waals surface area contributed by atoms with Crippen molar-refractivity contribution in [3.8, 4) is 17.0 Å². The Morgan fingerprint density at radius 3 is 2.77 bits per heavy atom. The summed E-state index contributed by atoms with van der Waals surface area (Å²) in [4.78, 5) is 10.9. The van der Waals surface area contributed by atoms with Crippen LogP contribution in [0.5, 0.6) is 5.75 Å². The summed E-state index contributed by atoms with van der Waals surface area (Å²) in [5, 5.41) is 3.90. The molecule has 0 aliphatic heterocycles. The fourth-order valence-corrected chi connectivity index (χ4v) is 2.33. The van der Waals surface area contributed by atoms with Gasteiger partial charge in [-0.3, -0.25) is 4.79 Å². The van der Waals surface area contributed by atoms with Crippen LogP contribution in [0, 0.1) is 5.82 Å². The molecule has 4 nitrogen and oxygen atoms in total. The Morgan fingerprint density at radius 2 is 2.05 bits per heavy atom. The van der Waals surface area contributed by atoms with Crippen LogP contribution in [0.25, 0.3) is 22.2 Å². The summed E-state index contributed by atoms with van der Waals surface area (Å²) >= 11 is 11.3. The summed E-state index contributed by atoms with van der Waals surface area (Å²) in [7, 11) is 0. The van der Waals surface area contributed by atoms with Gasteiger partial charge in [-0.25, -0.2) is 4.39 Å². The predicted molar refractivity (Wildman–Crippen MR) is 80.8 cm³/mol. The van der Waals surface area contributed by atoms with Crippen molar-refractivity contribution in [3.63, 3.8) is 0 Å². The average molecular weight is 340 g/mol. The number of halogens is 3. The number of hydrogen-bond donors (Lipinski definition) is 0. The first-order chi connectivity index (χ1) is 10.6. The van der Waals surface area contributed by atoms with Crippen LogP contribution < -0.4 is 4.74 Å². The first-order valence-corrected chi connectivity index (χ1v) is 6.97. The first kappa shape index (κ1) is 14.8. The fraction of sp³-hybridized carbons (Fsp3) is 0.0667. The molecule has 0 saturated carbocycles. The van der Waals surface area contributed by atoms with Gasteiger partial charge in [-0.05, 0) is 35.9 Å². The van der Waals surface area contributed by atoms with Gasteiger partial charge in [0.15, 0.2) is 12.2 Å². The highest BCUT2D eigenvalue weighted by molar-refractivity contribution is 6.63. The van der Waals surface area contributed by atoms with Crippen LogP contribution in [0.15, 0.2) is 40.9 Å². The maximum absolute atomic E-state index is 14.0. The molecule has 0 radical (unpaired) electrons. The maximum atomic E-state index is 14.0. The van der Waals surface area contributed by atoms with Crippen molar-refractivity contribution >= 4 is 39.4 Å². The number of aromatic nitrogens is 1. The lowest BCUT2D eigenvalue weighted by atomic mass is 10.1. The second-order valence-electron chi connectivity index (χ2n) is 4.40. The molecule has 0 atom stereocenters. The van der Waals surface area contributed by atoms with Crippen LogP contribution in [-0.2, 0) is 4.79 Å². The summed E-state index contributed by atoms with van der Waals surface area (Å²) in [5.41, 5.74) is 0.734. The Balaban J connectivity index is 2.21. The van der Waals surface area contributed by atoms with Gasteiger partial charge in [0.2, 0.25) is 0 Å². The van der Waals surface area contributed by atoms with Crippen LogP contribution >= 0.6 is 23.2 Å². The van der Waals surface area contributed by atoms with Crippen LogP contribution in [0.1, 0.15) is 0 Å². The quantitative estimate of drug-likeness (QED) is 0.659.